The van der Waals surface area contributed by atoms with E-state index >= 15 is 0 Å². The summed E-state index contributed by atoms with van der Waals surface area (Å²) < 4.78 is 1.30. The average molecular weight is 219 g/mol. The van der Waals surface area contributed by atoms with Crippen molar-refractivity contribution >= 4 is 5.65 Å². The molecule has 0 radical (unpaired) electrons. The number of nitrogens with zero attached hydrogens (tertiary/aromatic N) is 4. The van der Waals surface area contributed by atoms with Gasteiger partial charge < -0.3 is 5.11 Å². The van der Waals surface area contributed by atoms with E-state index in [0.717, 1.165) is 0 Å². The van der Waals surface area contributed by atoms with Crippen LogP contribution in [0, 0.1) is 18.3 Å². The van der Waals surface area contributed by atoms with Crippen LogP contribution in [-0.2, 0) is 0 Å². The third kappa shape index (κ3) is 1.45. The Balaban J connectivity index is 2.68. The Labute approximate surface area is 90.0 Å². The van der Waals surface area contributed by atoms with Crippen molar-refractivity contribution < 1.29 is 5.11 Å². The fourth-order valence-corrected chi connectivity index (χ4v) is 1.50. The Morgan fingerprint density at radius 1 is 1.75 bits per heavy atom. The van der Waals surface area contributed by atoms with Crippen molar-refractivity contribution in [2.24, 2.45) is 0 Å². The highest BCUT2D eigenvalue weighted by Gasteiger charge is 2.14. The molecular formula is C9H9N5O2. The number of fused-ring (bicyclic) bond motifs is 1. The van der Waals surface area contributed by atoms with Crippen LogP contribution in [-0.4, -0.2) is 31.3 Å². The van der Waals surface area contributed by atoms with E-state index in [-0.39, 0.29) is 12.3 Å². The van der Waals surface area contributed by atoms with Gasteiger partial charge in [0.05, 0.1) is 18.4 Å². The molecular weight excluding hydrogens is 210 g/mol. The highest BCUT2D eigenvalue weighted by molar-refractivity contribution is 5.40. The van der Waals surface area contributed by atoms with Gasteiger partial charge in [-0.15, -0.1) is 0 Å². The molecule has 0 amide bonds. The summed E-state index contributed by atoms with van der Waals surface area (Å²) in [6, 6.07) is 3.44. The second-order valence-electron chi connectivity index (χ2n) is 3.31. The van der Waals surface area contributed by atoms with Crippen molar-refractivity contribution in [3.63, 3.8) is 0 Å². The Kier molecular flexibility index (Phi) is 2.42. The molecule has 1 unspecified atom stereocenters. The molecule has 2 aromatic rings. The minimum absolute atomic E-state index is 0.312. The van der Waals surface area contributed by atoms with Crippen LogP contribution < -0.4 is 5.69 Å². The minimum atomic E-state index is -0.699. The molecule has 16 heavy (non-hydrogen) atoms. The molecule has 0 spiro atoms. The van der Waals surface area contributed by atoms with Crippen molar-refractivity contribution in [3.05, 3.63) is 28.1 Å². The van der Waals surface area contributed by atoms with Crippen LogP contribution >= 0.6 is 0 Å². The number of nitrogens with one attached hydrogen (secondary N) is 1. The van der Waals surface area contributed by atoms with E-state index < -0.39 is 5.92 Å². The van der Waals surface area contributed by atoms with Crippen molar-refractivity contribution in [2.75, 3.05) is 6.61 Å². The fourth-order valence-electron chi connectivity index (χ4n) is 1.50. The number of hydrogen-bond acceptors (Lipinski definition) is 5. The van der Waals surface area contributed by atoms with Gasteiger partial charge in [0.1, 0.15) is 11.7 Å². The van der Waals surface area contributed by atoms with Gasteiger partial charge in [-0.25, -0.2) is 19.3 Å². The van der Waals surface area contributed by atoms with E-state index in [1.165, 1.54) is 10.5 Å². The number of hydrogen-bond donors (Lipinski definition) is 2. The van der Waals surface area contributed by atoms with Gasteiger partial charge in [0.2, 0.25) is 0 Å². The van der Waals surface area contributed by atoms with E-state index in [1.54, 1.807) is 6.92 Å². The Bertz CT molecular complexity index is 621. The Morgan fingerprint density at radius 3 is 3.12 bits per heavy atom. The third-order valence-corrected chi connectivity index (χ3v) is 2.29. The topological polar surface area (TPSA) is 107 Å². The molecule has 0 saturated heterocycles. The first kappa shape index (κ1) is 10.3. The van der Waals surface area contributed by atoms with Crippen LogP contribution in [0.15, 0.2) is 10.9 Å². The summed E-state index contributed by atoms with van der Waals surface area (Å²) in [7, 11) is 0. The first-order chi connectivity index (χ1) is 7.67. The van der Waals surface area contributed by atoms with Crippen LogP contribution in [0.5, 0.6) is 0 Å². The summed E-state index contributed by atoms with van der Waals surface area (Å²) in [6.07, 6.45) is 0. The van der Waals surface area contributed by atoms with Gasteiger partial charge in [0.25, 0.3) is 0 Å². The predicted molar refractivity (Wildman–Crippen MR) is 53.8 cm³/mol. The number of nitriles is 1. The lowest BCUT2D eigenvalue weighted by molar-refractivity contribution is 0.284. The van der Waals surface area contributed by atoms with Gasteiger partial charge in [-0.3, -0.25) is 0 Å². The summed E-state index contributed by atoms with van der Waals surface area (Å²) in [5.74, 6) is -0.268. The predicted octanol–water partition coefficient (Wildman–Crippen LogP) is -0.675. The number of H-pyrrole nitrogens is 1. The molecule has 1 atom stereocenters. The molecule has 0 aliphatic carbocycles. The zero-order valence-electron chi connectivity index (χ0n) is 8.51. The fraction of sp³-hybridized carbons (Fsp3) is 0.333. The number of aromatic amines is 1. The zero-order chi connectivity index (χ0) is 11.7. The molecule has 2 N–H and O–H groups in total. The standard InChI is InChI=1S/C9H9N5O2/c1-5-11-7(6(3-10)4-15)2-8-12-13-9(16)14(5)8/h2,6,15H,4H2,1H3,(H,13,16). The molecule has 0 fully saturated rings. The van der Waals surface area contributed by atoms with Gasteiger partial charge in [-0.2, -0.15) is 10.4 Å². The largest absolute Gasteiger partial charge is 0.395 e. The lowest BCUT2D eigenvalue weighted by Gasteiger charge is -2.06. The van der Waals surface area contributed by atoms with Gasteiger partial charge in [0.15, 0.2) is 5.65 Å². The van der Waals surface area contributed by atoms with E-state index in [9.17, 15) is 4.79 Å². The molecule has 2 aromatic heterocycles. The molecule has 0 saturated carbocycles. The maximum atomic E-state index is 11.3. The molecule has 0 bridgehead atoms. The van der Waals surface area contributed by atoms with Crippen LogP contribution in [0.3, 0.4) is 0 Å². The first-order valence-corrected chi connectivity index (χ1v) is 4.62. The number of rotatable bonds is 2. The number of aryl methyl sites for hydroxylation is 1. The van der Waals surface area contributed by atoms with Crippen molar-refractivity contribution in [1.82, 2.24) is 19.6 Å². The van der Waals surface area contributed by atoms with Crippen LogP contribution in [0.2, 0.25) is 0 Å². The van der Waals surface area contributed by atoms with Crippen molar-refractivity contribution in [2.45, 2.75) is 12.8 Å². The van der Waals surface area contributed by atoms with E-state index in [1.807, 2.05) is 6.07 Å². The van der Waals surface area contributed by atoms with Crippen LogP contribution in [0.1, 0.15) is 17.4 Å². The maximum Gasteiger partial charge on any atom is 0.349 e. The monoisotopic (exact) mass is 219 g/mol. The van der Waals surface area contributed by atoms with Crippen molar-refractivity contribution in [3.8, 4) is 6.07 Å². The Morgan fingerprint density at radius 2 is 2.50 bits per heavy atom. The third-order valence-electron chi connectivity index (χ3n) is 2.29. The highest BCUT2D eigenvalue weighted by Crippen LogP contribution is 2.13. The summed E-state index contributed by atoms with van der Waals surface area (Å²) in [4.78, 5) is 15.4. The molecule has 82 valence electrons. The summed E-state index contributed by atoms with van der Waals surface area (Å²) in [5.41, 5.74) is 0.430. The number of aliphatic hydroxyl groups is 1. The number of aliphatic hydroxyl groups excluding tert-OH is 1. The minimum Gasteiger partial charge on any atom is -0.395 e. The van der Waals surface area contributed by atoms with E-state index in [0.29, 0.717) is 17.2 Å². The maximum absolute atomic E-state index is 11.3. The average Bonchev–Trinajstić information content (AvgIpc) is 2.62. The molecule has 0 aliphatic heterocycles. The molecule has 2 heterocycles. The molecule has 0 aliphatic rings. The normalized spacial score (nSPS) is 12.6. The second kappa shape index (κ2) is 3.75. The van der Waals surface area contributed by atoms with Crippen molar-refractivity contribution in [1.29, 1.82) is 5.26 Å². The lowest BCUT2D eigenvalue weighted by atomic mass is 10.1. The quantitative estimate of drug-likeness (QED) is 0.696. The molecule has 7 heteroatoms. The first-order valence-electron chi connectivity index (χ1n) is 4.62. The van der Waals surface area contributed by atoms with Gasteiger partial charge >= 0.3 is 5.69 Å². The number of aromatic nitrogens is 4. The molecule has 7 nitrogen and oxygen atoms in total. The lowest BCUT2D eigenvalue weighted by Crippen LogP contribution is -2.15. The zero-order valence-corrected chi connectivity index (χ0v) is 8.51. The SMILES string of the molecule is Cc1nc(C(C#N)CO)cc2n[nH]c(=O)n12. The van der Waals surface area contributed by atoms with Crippen LogP contribution in [0.25, 0.3) is 5.65 Å². The Hall–Kier alpha value is -2.20. The highest BCUT2D eigenvalue weighted by atomic mass is 16.3. The molecule has 0 aromatic carbocycles. The molecule has 2 rings (SSSR count). The van der Waals surface area contributed by atoms with Gasteiger partial charge in [-0.1, -0.05) is 0 Å². The van der Waals surface area contributed by atoms with E-state index in [4.69, 9.17) is 10.4 Å². The second-order valence-corrected chi connectivity index (χ2v) is 3.31. The smallest absolute Gasteiger partial charge is 0.349 e. The van der Waals surface area contributed by atoms with E-state index in [2.05, 4.69) is 15.2 Å². The summed E-state index contributed by atoms with van der Waals surface area (Å²) in [6.45, 7) is 1.33. The van der Waals surface area contributed by atoms with Crippen LogP contribution in [0.4, 0.5) is 0 Å². The van der Waals surface area contributed by atoms with Gasteiger partial charge in [0, 0.05) is 6.07 Å². The summed E-state index contributed by atoms with van der Waals surface area (Å²) >= 11 is 0. The van der Waals surface area contributed by atoms with Gasteiger partial charge in [-0.05, 0) is 6.92 Å². The summed E-state index contributed by atoms with van der Waals surface area (Å²) in [5, 5.41) is 23.9.